The molecule has 0 bridgehead atoms. The number of anilines is 2. The van der Waals surface area contributed by atoms with Crippen molar-refractivity contribution in [1.82, 2.24) is 15.3 Å². The first-order chi connectivity index (χ1) is 16.1. The molecular weight excluding hydrogens is 430 g/mol. The van der Waals surface area contributed by atoms with Crippen LogP contribution in [0.2, 0.25) is 0 Å². The Morgan fingerprint density at radius 3 is 2.70 bits per heavy atom. The summed E-state index contributed by atoms with van der Waals surface area (Å²) in [6.45, 7) is 8.20. The normalized spacial score (nSPS) is 16.5. The van der Waals surface area contributed by atoms with Crippen LogP contribution in [0, 0.1) is 0 Å². The average molecular weight is 460 g/mol. The lowest BCUT2D eigenvalue weighted by molar-refractivity contribution is 0.122. The third-order valence-corrected chi connectivity index (χ3v) is 6.84. The fourth-order valence-corrected chi connectivity index (χ4v) is 4.81. The Kier molecular flexibility index (Phi) is 6.51. The number of nitrogens with one attached hydrogen (secondary N) is 2. The van der Waals surface area contributed by atoms with Crippen LogP contribution in [0.3, 0.4) is 0 Å². The molecule has 0 atom stereocenters. The summed E-state index contributed by atoms with van der Waals surface area (Å²) in [6.07, 6.45) is 2.14. The van der Waals surface area contributed by atoms with Crippen LogP contribution < -0.4 is 15.5 Å². The second kappa shape index (κ2) is 9.85. The number of morpholine rings is 1. The van der Waals surface area contributed by atoms with Crippen molar-refractivity contribution in [3.05, 3.63) is 77.1 Å². The zero-order valence-electron chi connectivity index (χ0n) is 19.1. The van der Waals surface area contributed by atoms with Gasteiger partial charge in [0.25, 0.3) is 0 Å². The molecule has 1 fully saturated rings. The lowest BCUT2D eigenvalue weighted by Crippen LogP contribution is -2.36. The zero-order chi connectivity index (χ0) is 22.6. The number of hydrogen-bond donors (Lipinski definition) is 2. The minimum absolute atomic E-state index is 0.726. The van der Waals surface area contributed by atoms with Gasteiger partial charge < -0.3 is 20.3 Å². The molecule has 2 N–H and O–H groups in total. The number of allylic oxidation sites excluding steroid dienone is 2. The topological polar surface area (TPSA) is 62.3 Å². The van der Waals surface area contributed by atoms with Crippen molar-refractivity contribution in [2.45, 2.75) is 24.8 Å². The quantitative estimate of drug-likeness (QED) is 0.399. The molecule has 0 amide bonds. The van der Waals surface area contributed by atoms with E-state index in [0.717, 1.165) is 66.8 Å². The van der Waals surface area contributed by atoms with Gasteiger partial charge in [-0.05, 0) is 41.8 Å². The standard InChI is InChI=1S/C26H29N5OS/c1-18-16-27-19(2)13-23(18)28-24-15-25(31-9-11-32-12-10-31)30-26(29-24)33-17-20-7-8-21-5-3-4-6-22(21)14-20/h3-8,13-15,27H,9-12,16-17H2,1-2H3,(H,28,29,30). The van der Waals surface area contributed by atoms with Crippen LogP contribution in [0.15, 0.2) is 76.7 Å². The third-order valence-electron chi connectivity index (χ3n) is 5.92. The number of hydrogen-bond acceptors (Lipinski definition) is 7. The molecule has 2 aromatic carbocycles. The summed E-state index contributed by atoms with van der Waals surface area (Å²) in [4.78, 5) is 12.0. The minimum atomic E-state index is 0.726. The predicted molar refractivity (Wildman–Crippen MR) is 137 cm³/mol. The fraction of sp³-hybridized carbons (Fsp3) is 0.308. The van der Waals surface area contributed by atoms with Crippen LogP contribution in [0.4, 0.5) is 11.6 Å². The Morgan fingerprint density at radius 2 is 1.85 bits per heavy atom. The third kappa shape index (κ3) is 5.31. The van der Waals surface area contributed by atoms with Gasteiger partial charge in [0.1, 0.15) is 11.6 Å². The van der Waals surface area contributed by atoms with E-state index in [1.807, 2.05) is 0 Å². The monoisotopic (exact) mass is 459 g/mol. The molecule has 3 heterocycles. The van der Waals surface area contributed by atoms with E-state index in [1.54, 1.807) is 11.8 Å². The molecule has 3 aromatic rings. The highest BCUT2D eigenvalue weighted by atomic mass is 32.2. The molecule has 2 aliphatic rings. The van der Waals surface area contributed by atoms with Crippen molar-refractivity contribution in [3.63, 3.8) is 0 Å². The van der Waals surface area contributed by atoms with Crippen molar-refractivity contribution in [2.24, 2.45) is 0 Å². The van der Waals surface area contributed by atoms with Gasteiger partial charge in [-0.3, -0.25) is 0 Å². The molecule has 1 saturated heterocycles. The van der Waals surface area contributed by atoms with Crippen molar-refractivity contribution in [1.29, 1.82) is 0 Å². The molecule has 6 nitrogen and oxygen atoms in total. The Hall–Kier alpha value is -3.03. The smallest absolute Gasteiger partial charge is 0.191 e. The molecule has 0 unspecified atom stereocenters. The summed E-state index contributed by atoms with van der Waals surface area (Å²) in [6, 6.07) is 17.1. The largest absolute Gasteiger partial charge is 0.385 e. The van der Waals surface area contributed by atoms with Crippen LogP contribution in [0.25, 0.3) is 10.8 Å². The average Bonchev–Trinajstić information content (AvgIpc) is 2.85. The Morgan fingerprint density at radius 1 is 1.03 bits per heavy atom. The van der Waals surface area contributed by atoms with Crippen molar-refractivity contribution >= 4 is 34.2 Å². The number of rotatable bonds is 6. The minimum Gasteiger partial charge on any atom is -0.385 e. The molecule has 0 saturated carbocycles. The first-order valence-electron chi connectivity index (χ1n) is 11.4. The second-order valence-electron chi connectivity index (χ2n) is 8.46. The lowest BCUT2D eigenvalue weighted by Gasteiger charge is -2.28. The van der Waals surface area contributed by atoms with Crippen LogP contribution in [0.5, 0.6) is 0 Å². The number of thioether (sulfide) groups is 1. The Bertz CT molecular complexity index is 1220. The van der Waals surface area contributed by atoms with Gasteiger partial charge in [0.2, 0.25) is 0 Å². The predicted octanol–water partition coefficient (Wildman–Crippen LogP) is 4.95. The van der Waals surface area contributed by atoms with Gasteiger partial charge in [-0.2, -0.15) is 0 Å². The summed E-state index contributed by atoms with van der Waals surface area (Å²) in [5.41, 5.74) is 4.78. The molecule has 0 radical (unpaired) electrons. The highest BCUT2D eigenvalue weighted by molar-refractivity contribution is 7.98. The van der Waals surface area contributed by atoms with Gasteiger partial charge in [0, 0.05) is 42.8 Å². The van der Waals surface area contributed by atoms with E-state index in [2.05, 4.69) is 84.0 Å². The highest BCUT2D eigenvalue weighted by Gasteiger charge is 2.17. The van der Waals surface area contributed by atoms with Gasteiger partial charge in [0.15, 0.2) is 5.16 Å². The summed E-state index contributed by atoms with van der Waals surface area (Å²) in [5, 5.41) is 10.2. The van der Waals surface area contributed by atoms with Crippen LogP contribution >= 0.6 is 11.8 Å². The second-order valence-corrected chi connectivity index (χ2v) is 9.41. The fourth-order valence-electron chi connectivity index (χ4n) is 4.01. The van der Waals surface area contributed by atoms with Crippen molar-refractivity contribution in [2.75, 3.05) is 43.1 Å². The van der Waals surface area contributed by atoms with Crippen LogP contribution in [-0.2, 0) is 10.5 Å². The molecule has 0 aliphatic carbocycles. The van der Waals surface area contributed by atoms with E-state index in [4.69, 9.17) is 14.7 Å². The summed E-state index contributed by atoms with van der Waals surface area (Å²) in [5.74, 6) is 2.60. The SMILES string of the molecule is CC1=CC(Nc2cc(N3CCOCC3)nc(SCc3ccc4ccccc4c3)n2)=C(C)CN1. The van der Waals surface area contributed by atoms with E-state index < -0.39 is 0 Å². The van der Waals surface area contributed by atoms with Gasteiger partial charge in [-0.1, -0.05) is 54.2 Å². The van der Waals surface area contributed by atoms with Crippen LogP contribution in [0.1, 0.15) is 19.4 Å². The molecule has 170 valence electrons. The maximum atomic E-state index is 5.54. The van der Waals surface area contributed by atoms with E-state index in [9.17, 15) is 0 Å². The lowest BCUT2D eigenvalue weighted by atomic mass is 10.1. The van der Waals surface area contributed by atoms with Crippen molar-refractivity contribution < 1.29 is 4.74 Å². The van der Waals surface area contributed by atoms with E-state index in [1.165, 1.54) is 21.9 Å². The molecule has 7 heteroatoms. The first-order valence-corrected chi connectivity index (χ1v) is 12.3. The zero-order valence-corrected chi connectivity index (χ0v) is 19.9. The highest BCUT2D eigenvalue weighted by Crippen LogP contribution is 2.28. The summed E-state index contributed by atoms with van der Waals surface area (Å²) in [7, 11) is 0. The van der Waals surface area contributed by atoms with Gasteiger partial charge >= 0.3 is 0 Å². The van der Waals surface area contributed by atoms with Gasteiger partial charge in [-0.15, -0.1) is 0 Å². The Labute approximate surface area is 199 Å². The van der Waals surface area contributed by atoms with E-state index >= 15 is 0 Å². The number of benzene rings is 2. The molecule has 0 spiro atoms. The molecular formula is C26H29N5OS. The Balaban J connectivity index is 1.40. The number of nitrogens with zero attached hydrogens (tertiary/aromatic N) is 3. The summed E-state index contributed by atoms with van der Waals surface area (Å²) < 4.78 is 5.54. The molecule has 33 heavy (non-hydrogen) atoms. The number of aromatic nitrogens is 2. The molecule has 1 aromatic heterocycles. The number of ether oxygens (including phenoxy) is 1. The first kappa shape index (κ1) is 21.8. The maximum absolute atomic E-state index is 5.54. The van der Waals surface area contributed by atoms with Gasteiger partial charge in [-0.25, -0.2) is 9.97 Å². The molecule has 5 rings (SSSR count). The van der Waals surface area contributed by atoms with E-state index in [0.29, 0.717) is 0 Å². The van der Waals surface area contributed by atoms with Crippen molar-refractivity contribution in [3.8, 4) is 0 Å². The summed E-state index contributed by atoms with van der Waals surface area (Å²) >= 11 is 1.67. The van der Waals surface area contributed by atoms with E-state index in [-0.39, 0.29) is 0 Å². The van der Waals surface area contributed by atoms with Gasteiger partial charge in [0.05, 0.1) is 13.2 Å². The maximum Gasteiger partial charge on any atom is 0.191 e. The number of fused-ring (bicyclic) bond motifs is 1. The van der Waals surface area contributed by atoms with Crippen LogP contribution in [-0.4, -0.2) is 42.8 Å². The molecule has 2 aliphatic heterocycles. The number of dihydropyridines is 1.